The van der Waals surface area contributed by atoms with Gasteiger partial charge in [-0.1, -0.05) is 0 Å². The van der Waals surface area contributed by atoms with Gasteiger partial charge < -0.3 is 19.4 Å². The van der Waals surface area contributed by atoms with Gasteiger partial charge in [0.2, 0.25) is 0 Å². The van der Waals surface area contributed by atoms with Gasteiger partial charge in [-0.15, -0.1) is 0 Å². The second kappa shape index (κ2) is 5.95. The minimum Gasteiger partial charge on any atom is -0.469 e. The number of aliphatic imine (C=N–C) groups is 1. The van der Waals surface area contributed by atoms with Crippen LogP contribution in [0.15, 0.2) is 27.8 Å². The number of likely N-dealkylation sites (tertiary alicyclic amines) is 1. The van der Waals surface area contributed by atoms with Crippen LogP contribution in [0.3, 0.4) is 0 Å². The van der Waals surface area contributed by atoms with Gasteiger partial charge >= 0.3 is 0 Å². The summed E-state index contributed by atoms with van der Waals surface area (Å²) >= 11 is 0. The van der Waals surface area contributed by atoms with Crippen molar-refractivity contribution in [3.05, 3.63) is 24.2 Å². The fraction of sp³-hybridized carbons (Fsp3) is 0.706. The van der Waals surface area contributed by atoms with E-state index in [9.17, 15) is 0 Å². The van der Waals surface area contributed by atoms with Gasteiger partial charge in [-0.05, 0) is 31.9 Å². The lowest BCUT2D eigenvalue weighted by Crippen LogP contribution is -2.41. The van der Waals surface area contributed by atoms with Gasteiger partial charge in [0.05, 0.1) is 18.5 Å². The van der Waals surface area contributed by atoms with Crippen molar-refractivity contribution in [2.24, 2.45) is 16.8 Å². The molecule has 1 aromatic rings. The number of hydrogen-bond donors (Lipinski definition) is 1. The van der Waals surface area contributed by atoms with Crippen molar-refractivity contribution < 1.29 is 9.15 Å². The Labute approximate surface area is 131 Å². The average Bonchev–Trinajstić information content (AvgIpc) is 3.27. The second-order valence-corrected chi connectivity index (χ2v) is 6.59. The third-order valence-corrected chi connectivity index (χ3v) is 5.29. The molecule has 3 fully saturated rings. The molecule has 4 rings (SSSR count). The number of fused-ring (bicyclic) bond motifs is 5. The summed E-state index contributed by atoms with van der Waals surface area (Å²) < 4.78 is 11.4. The van der Waals surface area contributed by atoms with E-state index in [2.05, 4.69) is 17.1 Å². The van der Waals surface area contributed by atoms with Gasteiger partial charge in [0.25, 0.3) is 0 Å². The van der Waals surface area contributed by atoms with E-state index in [4.69, 9.17) is 14.1 Å². The maximum Gasteiger partial charge on any atom is 0.193 e. The molecule has 3 aliphatic heterocycles. The number of guanidine groups is 1. The monoisotopic (exact) mass is 303 g/mol. The van der Waals surface area contributed by atoms with Crippen LogP contribution < -0.4 is 5.32 Å². The van der Waals surface area contributed by atoms with Crippen molar-refractivity contribution in [2.75, 3.05) is 26.2 Å². The van der Waals surface area contributed by atoms with Crippen LogP contribution in [0.4, 0.5) is 0 Å². The molecule has 5 heteroatoms. The molecule has 0 aliphatic carbocycles. The van der Waals surface area contributed by atoms with Crippen LogP contribution in [0.25, 0.3) is 0 Å². The summed E-state index contributed by atoms with van der Waals surface area (Å²) in [6, 6.07) is 3.94. The molecule has 22 heavy (non-hydrogen) atoms. The van der Waals surface area contributed by atoms with E-state index in [0.717, 1.165) is 44.3 Å². The van der Waals surface area contributed by atoms with Gasteiger partial charge in [0.15, 0.2) is 5.96 Å². The predicted molar refractivity (Wildman–Crippen MR) is 84.8 cm³/mol. The van der Waals surface area contributed by atoms with Crippen molar-refractivity contribution in [2.45, 2.75) is 38.4 Å². The Morgan fingerprint density at radius 3 is 2.73 bits per heavy atom. The number of nitrogens with zero attached hydrogens (tertiary/aromatic N) is 2. The van der Waals surface area contributed by atoms with Crippen molar-refractivity contribution >= 4 is 5.96 Å². The molecule has 0 aromatic carbocycles. The molecule has 3 saturated heterocycles. The summed E-state index contributed by atoms with van der Waals surface area (Å²) in [6.45, 7) is 6.00. The molecule has 1 N–H and O–H groups in total. The van der Waals surface area contributed by atoms with Gasteiger partial charge in [-0.3, -0.25) is 4.99 Å². The molecule has 0 saturated carbocycles. The molecule has 0 amide bonds. The molecule has 1 aromatic heterocycles. The topological polar surface area (TPSA) is 50.0 Å². The quantitative estimate of drug-likeness (QED) is 0.682. The fourth-order valence-corrected chi connectivity index (χ4v) is 4.29. The molecule has 4 atom stereocenters. The van der Waals surface area contributed by atoms with E-state index >= 15 is 0 Å². The Hall–Kier alpha value is -1.49. The summed E-state index contributed by atoms with van der Waals surface area (Å²) in [7, 11) is 0. The Morgan fingerprint density at radius 2 is 2.09 bits per heavy atom. The van der Waals surface area contributed by atoms with E-state index in [-0.39, 0.29) is 0 Å². The summed E-state index contributed by atoms with van der Waals surface area (Å²) in [4.78, 5) is 7.24. The highest BCUT2D eigenvalue weighted by Gasteiger charge is 2.53. The molecular formula is C17H25N3O2. The normalized spacial score (nSPS) is 33.5. The van der Waals surface area contributed by atoms with Crippen LogP contribution in [0.2, 0.25) is 0 Å². The lowest BCUT2D eigenvalue weighted by molar-refractivity contribution is 0.0767. The minimum absolute atomic E-state index is 0.506. The zero-order valence-corrected chi connectivity index (χ0v) is 13.2. The van der Waals surface area contributed by atoms with Crippen molar-refractivity contribution in [1.82, 2.24) is 10.2 Å². The largest absolute Gasteiger partial charge is 0.469 e. The summed E-state index contributed by atoms with van der Waals surface area (Å²) in [5.41, 5.74) is 0. The third kappa shape index (κ3) is 2.51. The maximum absolute atomic E-state index is 6.06. The smallest absolute Gasteiger partial charge is 0.193 e. The van der Waals surface area contributed by atoms with Crippen molar-refractivity contribution in [3.8, 4) is 0 Å². The zero-order valence-electron chi connectivity index (χ0n) is 13.2. The molecule has 120 valence electrons. The second-order valence-electron chi connectivity index (χ2n) is 6.59. The highest BCUT2D eigenvalue weighted by Crippen LogP contribution is 2.47. The summed E-state index contributed by atoms with van der Waals surface area (Å²) in [5, 5.41) is 3.45. The molecule has 0 radical (unpaired) electrons. The van der Waals surface area contributed by atoms with E-state index in [1.165, 1.54) is 12.8 Å². The highest BCUT2D eigenvalue weighted by molar-refractivity contribution is 5.80. The molecule has 5 nitrogen and oxygen atoms in total. The van der Waals surface area contributed by atoms with E-state index in [1.54, 1.807) is 6.26 Å². The Bertz CT molecular complexity index is 510. The Balaban J connectivity index is 1.39. The minimum atomic E-state index is 0.506. The standard InChI is InChI=1S/C17H25N3O2/c1-2-18-17(19-8-7-12-4-3-9-21-12)20-10-13-14(11-20)16-6-5-15(13)22-16/h3-4,9,13-16H,2,5-8,10-11H2,1H3,(H,18,19). The van der Waals surface area contributed by atoms with E-state index in [0.29, 0.717) is 24.0 Å². The molecule has 4 heterocycles. The molecular weight excluding hydrogens is 278 g/mol. The lowest BCUT2D eigenvalue weighted by atomic mass is 9.82. The van der Waals surface area contributed by atoms with Crippen LogP contribution in [0.1, 0.15) is 25.5 Å². The van der Waals surface area contributed by atoms with Gasteiger partial charge in [-0.2, -0.15) is 0 Å². The molecule has 3 aliphatic rings. The number of ether oxygens (including phenoxy) is 1. The first-order valence-corrected chi connectivity index (χ1v) is 8.56. The third-order valence-electron chi connectivity index (χ3n) is 5.29. The van der Waals surface area contributed by atoms with Gasteiger partial charge in [-0.25, -0.2) is 0 Å². The van der Waals surface area contributed by atoms with E-state index < -0.39 is 0 Å². The number of nitrogens with one attached hydrogen (secondary N) is 1. The molecule has 0 spiro atoms. The number of hydrogen-bond acceptors (Lipinski definition) is 3. The average molecular weight is 303 g/mol. The highest BCUT2D eigenvalue weighted by atomic mass is 16.5. The van der Waals surface area contributed by atoms with E-state index in [1.807, 2.05) is 12.1 Å². The number of rotatable bonds is 4. The van der Waals surface area contributed by atoms with Crippen LogP contribution in [0.5, 0.6) is 0 Å². The first-order chi connectivity index (χ1) is 10.8. The van der Waals surface area contributed by atoms with Crippen LogP contribution in [-0.4, -0.2) is 49.2 Å². The number of furan rings is 1. The molecule has 2 bridgehead atoms. The van der Waals surface area contributed by atoms with Crippen LogP contribution >= 0.6 is 0 Å². The fourth-order valence-electron chi connectivity index (χ4n) is 4.29. The first kappa shape index (κ1) is 14.1. The van der Waals surface area contributed by atoms with Gasteiger partial charge in [0.1, 0.15) is 5.76 Å². The maximum atomic E-state index is 6.06. The Morgan fingerprint density at radius 1 is 1.32 bits per heavy atom. The van der Waals surface area contributed by atoms with Crippen LogP contribution in [0, 0.1) is 11.8 Å². The van der Waals surface area contributed by atoms with Crippen molar-refractivity contribution in [1.29, 1.82) is 0 Å². The summed E-state index contributed by atoms with van der Waals surface area (Å²) in [5.74, 6) is 3.49. The predicted octanol–water partition coefficient (Wildman–Crippen LogP) is 1.90. The first-order valence-electron chi connectivity index (χ1n) is 8.56. The SMILES string of the molecule is CCNC(=NCCc1ccco1)N1CC2C3CCC(O3)C2C1. The zero-order chi connectivity index (χ0) is 14.9. The van der Waals surface area contributed by atoms with Crippen molar-refractivity contribution in [3.63, 3.8) is 0 Å². The Kier molecular flexibility index (Phi) is 3.82. The summed E-state index contributed by atoms with van der Waals surface area (Å²) in [6.07, 6.45) is 6.10. The van der Waals surface area contributed by atoms with Crippen LogP contribution in [-0.2, 0) is 11.2 Å². The lowest BCUT2D eigenvalue weighted by Gasteiger charge is -2.23. The molecule has 4 unspecified atom stereocenters. The van der Waals surface area contributed by atoms with Gasteiger partial charge in [0, 0.05) is 44.4 Å².